The maximum Gasteiger partial charge on any atom is -0.0415 e. The van der Waals surface area contributed by atoms with E-state index in [0.717, 1.165) is 25.2 Å². The van der Waals surface area contributed by atoms with Gasteiger partial charge < -0.3 is 5.11 Å². The molecule has 0 aliphatic heterocycles. The van der Waals surface area contributed by atoms with Crippen LogP contribution in [0.15, 0.2) is 0 Å². The molecule has 0 heterocycles. The monoisotopic (exact) mass is 125 g/mol. The standard InChI is InChI=1S/C8H13O/c9-8-4-1-7(2-5-8)3-6-8/h7H,1-6H2/q-1. The average Bonchev–Trinajstić information content (AvgIpc) is 1.90. The molecule has 0 N–H and O–H groups in total. The molecule has 3 fully saturated rings. The van der Waals surface area contributed by atoms with E-state index in [9.17, 15) is 5.11 Å². The lowest BCUT2D eigenvalue weighted by atomic mass is 9.68. The molecule has 0 unspecified atom stereocenters. The van der Waals surface area contributed by atoms with E-state index < -0.39 is 5.60 Å². The fourth-order valence-corrected chi connectivity index (χ4v) is 2.21. The summed E-state index contributed by atoms with van der Waals surface area (Å²) in [4.78, 5) is 0. The van der Waals surface area contributed by atoms with E-state index in [0.29, 0.717) is 0 Å². The van der Waals surface area contributed by atoms with Gasteiger partial charge in [0.15, 0.2) is 0 Å². The first-order valence-corrected chi connectivity index (χ1v) is 3.99. The largest absolute Gasteiger partial charge is 0.849 e. The summed E-state index contributed by atoms with van der Waals surface area (Å²) < 4.78 is 0. The highest BCUT2D eigenvalue weighted by Crippen LogP contribution is 2.41. The highest BCUT2D eigenvalue weighted by Gasteiger charge is 2.31. The quantitative estimate of drug-likeness (QED) is 0.475. The van der Waals surface area contributed by atoms with Crippen molar-refractivity contribution in [3.05, 3.63) is 0 Å². The van der Waals surface area contributed by atoms with Crippen molar-refractivity contribution in [1.82, 2.24) is 0 Å². The Hall–Kier alpha value is -0.0400. The first kappa shape index (κ1) is 5.72. The van der Waals surface area contributed by atoms with Crippen LogP contribution in [-0.4, -0.2) is 5.60 Å². The lowest BCUT2D eigenvalue weighted by Gasteiger charge is -2.52. The molecule has 0 spiro atoms. The molecule has 2 bridgehead atoms. The Morgan fingerprint density at radius 3 is 1.67 bits per heavy atom. The van der Waals surface area contributed by atoms with Crippen LogP contribution >= 0.6 is 0 Å². The smallest absolute Gasteiger partial charge is 0.0415 e. The Labute approximate surface area is 56.1 Å². The topological polar surface area (TPSA) is 23.1 Å². The van der Waals surface area contributed by atoms with Gasteiger partial charge in [0.05, 0.1) is 0 Å². The lowest BCUT2D eigenvalue weighted by molar-refractivity contribution is -0.494. The van der Waals surface area contributed by atoms with E-state index in [2.05, 4.69) is 0 Å². The van der Waals surface area contributed by atoms with Crippen molar-refractivity contribution in [3.63, 3.8) is 0 Å². The van der Waals surface area contributed by atoms with Crippen LogP contribution in [0, 0.1) is 5.92 Å². The summed E-state index contributed by atoms with van der Waals surface area (Å²) in [6.45, 7) is 0. The van der Waals surface area contributed by atoms with Gasteiger partial charge in [-0.2, -0.15) is 0 Å². The van der Waals surface area contributed by atoms with Crippen LogP contribution in [0.2, 0.25) is 0 Å². The second-order valence-corrected chi connectivity index (χ2v) is 3.67. The molecule has 3 rings (SSSR count). The minimum Gasteiger partial charge on any atom is -0.849 e. The zero-order valence-corrected chi connectivity index (χ0v) is 5.73. The molecule has 52 valence electrons. The fraction of sp³-hybridized carbons (Fsp3) is 1.00. The van der Waals surface area contributed by atoms with Gasteiger partial charge >= 0.3 is 0 Å². The first-order valence-electron chi connectivity index (χ1n) is 3.99. The Bertz CT molecular complexity index is 98.0. The average molecular weight is 125 g/mol. The van der Waals surface area contributed by atoms with Crippen LogP contribution in [0.4, 0.5) is 0 Å². The number of fused-ring (bicyclic) bond motifs is 3. The molecule has 0 aromatic rings. The summed E-state index contributed by atoms with van der Waals surface area (Å²) in [6, 6.07) is 0. The second-order valence-electron chi connectivity index (χ2n) is 3.67. The van der Waals surface area contributed by atoms with Crippen molar-refractivity contribution >= 4 is 0 Å². The van der Waals surface area contributed by atoms with Gasteiger partial charge in [0.2, 0.25) is 0 Å². The van der Waals surface area contributed by atoms with Crippen molar-refractivity contribution in [2.75, 3.05) is 0 Å². The Kier molecular flexibility index (Phi) is 1.10. The van der Waals surface area contributed by atoms with Gasteiger partial charge in [-0.05, 0) is 5.92 Å². The Balaban J connectivity index is 2.11. The molecule has 0 aromatic carbocycles. The molecule has 0 aromatic heterocycles. The van der Waals surface area contributed by atoms with Crippen molar-refractivity contribution < 1.29 is 5.11 Å². The highest BCUT2D eigenvalue weighted by molar-refractivity contribution is 4.90. The molecule has 0 radical (unpaired) electrons. The summed E-state index contributed by atoms with van der Waals surface area (Å²) in [6.07, 6.45) is 6.59. The number of rotatable bonds is 0. The van der Waals surface area contributed by atoms with Gasteiger partial charge in [-0.3, -0.25) is 0 Å². The van der Waals surface area contributed by atoms with E-state index in [1.54, 1.807) is 0 Å². The van der Waals surface area contributed by atoms with Gasteiger partial charge in [0.25, 0.3) is 0 Å². The molecule has 0 amide bonds. The molecule has 3 aliphatic rings. The second kappa shape index (κ2) is 1.72. The highest BCUT2D eigenvalue weighted by atomic mass is 16.3. The lowest BCUT2D eigenvalue weighted by Crippen LogP contribution is -2.50. The fourth-order valence-electron chi connectivity index (χ4n) is 2.21. The third-order valence-electron chi connectivity index (χ3n) is 3.02. The summed E-state index contributed by atoms with van der Waals surface area (Å²) in [5, 5.41) is 11.5. The van der Waals surface area contributed by atoms with Crippen LogP contribution in [-0.2, 0) is 0 Å². The van der Waals surface area contributed by atoms with Crippen LogP contribution in [0.5, 0.6) is 0 Å². The van der Waals surface area contributed by atoms with Crippen molar-refractivity contribution in [2.45, 2.75) is 44.1 Å². The molecular weight excluding hydrogens is 112 g/mol. The third-order valence-corrected chi connectivity index (χ3v) is 3.02. The Morgan fingerprint density at radius 2 is 1.44 bits per heavy atom. The van der Waals surface area contributed by atoms with E-state index in [4.69, 9.17) is 0 Å². The van der Waals surface area contributed by atoms with Crippen LogP contribution in [0.3, 0.4) is 0 Å². The van der Waals surface area contributed by atoms with Crippen LogP contribution in [0.25, 0.3) is 0 Å². The maximum atomic E-state index is 11.5. The van der Waals surface area contributed by atoms with Crippen LogP contribution < -0.4 is 5.11 Å². The minimum atomic E-state index is -0.464. The van der Waals surface area contributed by atoms with Crippen molar-refractivity contribution in [1.29, 1.82) is 0 Å². The molecule has 3 aliphatic carbocycles. The zero-order chi connectivity index (χ0) is 6.32. The molecule has 1 heteroatoms. The summed E-state index contributed by atoms with van der Waals surface area (Å²) in [5.74, 6) is 0.931. The van der Waals surface area contributed by atoms with Crippen LogP contribution in [0.1, 0.15) is 38.5 Å². The predicted octanol–water partition coefficient (Wildman–Crippen LogP) is 1.07. The van der Waals surface area contributed by atoms with E-state index in [1.165, 1.54) is 19.3 Å². The van der Waals surface area contributed by atoms with Gasteiger partial charge in [0, 0.05) is 0 Å². The van der Waals surface area contributed by atoms with E-state index in [-0.39, 0.29) is 0 Å². The number of hydrogen-bond donors (Lipinski definition) is 0. The van der Waals surface area contributed by atoms with Gasteiger partial charge in [-0.25, -0.2) is 0 Å². The summed E-state index contributed by atoms with van der Waals surface area (Å²) in [7, 11) is 0. The molecule has 1 nitrogen and oxygen atoms in total. The van der Waals surface area contributed by atoms with Gasteiger partial charge in [0.1, 0.15) is 0 Å². The van der Waals surface area contributed by atoms with Crippen molar-refractivity contribution in [2.24, 2.45) is 5.92 Å². The molecule has 3 saturated carbocycles. The zero-order valence-electron chi connectivity index (χ0n) is 5.73. The summed E-state index contributed by atoms with van der Waals surface area (Å²) >= 11 is 0. The van der Waals surface area contributed by atoms with Gasteiger partial charge in [-0.1, -0.05) is 38.5 Å². The Morgan fingerprint density at radius 1 is 1.00 bits per heavy atom. The first-order chi connectivity index (χ1) is 4.29. The third kappa shape index (κ3) is 0.877. The maximum absolute atomic E-state index is 11.5. The molecule has 0 saturated heterocycles. The summed E-state index contributed by atoms with van der Waals surface area (Å²) in [5.41, 5.74) is -0.464. The van der Waals surface area contributed by atoms with E-state index >= 15 is 0 Å². The minimum absolute atomic E-state index is 0.464. The molecule has 0 atom stereocenters. The SMILES string of the molecule is [O-]C12CCC(CC1)CC2. The normalized spacial score (nSPS) is 49.7. The van der Waals surface area contributed by atoms with Gasteiger partial charge in [-0.15, -0.1) is 5.60 Å². The van der Waals surface area contributed by atoms with E-state index in [1.807, 2.05) is 0 Å². The predicted molar refractivity (Wildman–Crippen MR) is 33.9 cm³/mol. The molecular formula is C8H13O-. The molecule has 9 heavy (non-hydrogen) atoms. The van der Waals surface area contributed by atoms with Crippen molar-refractivity contribution in [3.8, 4) is 0 Å². The number of hydrogen-bond acceptors (Lipinski definition) is 1.